The molecule has 1 aromatic heterocycles. The fraction of sp³-hybridized carbons (Fsp3) is 0.733. The molecular weight excluding hydrogens is 226 g/mol. The van der Waals surface area contributed by atoms with Crippen molar-refractivity contribution in [1.82, 2.24) is 5.32 Å². The van der Waals surface area contributed by atoms with Crippen LogP contribution in [0.3, 0.4) is 0 Å². The van der Waals surface area contributed by atoms with E-state index < -0.39 is 0 Å². The molecule has 104 valence electrons. The zero-order valence-electron chi connectivity index (χ0n) is 12.1. The first-order valence-electron chi connectivity index (χ1n) is 7.14. The molecule has 0 saturated heterocycles. The monoisotopic (exact) mass is 253 g/mol. The highest BCUT2D eigenvalue weighted by Gasteiger charge is 2.07. The summed E-state index contributed by atoms with van der Waals surface area (Å²) in [5, 5.41) is 3.34. The minimum atomic E-state index is 0.673. The van der Waals surface area contributed by atoms with Crippen LogP contribution in [0.1, 0.15) is 56.6 Å². The Bertz CT molecular complexity index is 320. The summed E-state index contributed by atoms with van der Waals surface area (Å²) in [5.74, 6) is 1.99. The third kappa shape index (κ3) is 5.69. The van der Waals surface area contributed by atoms with Crippen molar-refractivity contribution in [1.29, 1.82) is 0 Å². The lowest BCUT2D eigenvalue weighted by molar-refractivity contribution is 0.116. The minimum absolute atomic E-state index is 0.673. The molecule has 1 aromatic rings. The molecule has 1 heterocycles. The Labute approximate surface area is 111 Å². The van der Waals surface area contributed by atoms with Crippen molar-refractivity contribution in [3.05, 3.63) is 23.2 Å². The highest BCUT2D eigenvalue weighted by Crippen LogP contribution is 2.15. The Hall–Kier alpha value is -0.800. The average molecular weight is 253 g/mol. The molecule has 0 aliphatic carbocycles. The van der Waals surface area contributed by atoms with Crippen molar-refractivity contribution >= 4 is 0 Å². The predicted molar refractivity (Wildman–Crippen MR) is 74.6 cm³/mol. The van der Waals surface area contributed by atoms with Crippen molar-refractivity contribution in [2.24, 2.45) is 0 Å². The van der Waals surface area contributed by atoms with Gasteiger partial charge in [-0.05, 0) is 32.4 Å². The summed E-state index contributed by atoms with van der Waals surface area (Å²) in [4.78, 5) is 0. The molecule has 1 rings (SSSR count). The molecule has 0 atom stereocenters. The van der Waals surface area contributed by atoms with E-state index in [-0.39, 0.29) is 0 Å². The zero-order chi connectivity index (χ0) is 13.2. The standard InChI is InChI=1S/C15H27NO2/c1-4-6-7-9-17-12-14-10-15(18-13(14)3)11-16-8-5-2/h10,16H,4-9,11-12H2,1-3H3. The Balaban J connectivity index is 2.27. The van der Waals surface area contributed by atoms with Crippen LogP contribution in [0.2, 0.25) is 0 Å². The number of ether oxygens (including phenoxy) is 1. The van der Waals surface area contributed by atoms with E-state index >= 15 is 0 Å². The summed E-state index contributed by atoms with van der Waals surface area (Å²) in [6.07, 6.45) is 4.78. The van der Waals surface area contributed by atoms with Crippen molar-refractivity contribution < 1.29 is 9.15 Å². The summed E-state index contributed by atoms with van der Waals surface area (Å²) >= 11 is 0. The maximum absolute atomic E-state index is 5.70. The Morgan fingerprint density at radius 2 is 2.06 bits per heavy atom. The van der Waals surface area contributed by atoms with Crippen LogP contribution in [-0.2, 0) is 17.9 Å². The van der Waals surface area contributed by atoms with Gasteiger partial charge in [0, 0.05) is 12.2 Å². The average Bonchev–Trinajstić information content (AvgIpc) is 2.70. The molecule has 0 spiro atoms. The molecule has 0 unspecified atom stereocenters. The van der Waals surface area contributed by atoms with Gasteiger partial charge < -0.3 is 14.5 Å². The van der Waals surface area contributed by atoms with Crippen molar-refractivity contribution in [3.8, 4) is 0 Å². The van der Waals surface area contributed by atoms with Gasteiger partial charge in [-0.3, -0.25) is 0 Å². The molecule has 3 heteroatoms. The summed E-state index contributed by atoms with van der Waals surface area (Å²) in [6.45, 7) is 9.74. The predicted octanol–water partition coefficient (Wildman–Crippen LogP) is 3.79. The number of aryl methyl sites for hydroxylation is 1. The maximum atomic E-state index is 5.70. The number of unbranched alkanes of at least 4 members (excludes halogenated alkanes) is 2. The van der Waals surface area contributed by atoms with Gasteiger partial charge in [-0.2, -0.15) is 0 Å². The van der Waals surface area contributed by atoms with E-state index in [1.165, 1.54) is 18.4 Å². The summed E-state index contributed by atoms with van der Waals surface area (Å²) < 4.78 is 11.4. The highest BCUT2D eigenvalue weighted by atomic mass is 16.5. The van der Waals surface area contributed by atoms with Crippen molar-refractivity contribution in [2.75, 3.05) is 13.2 Å². The van der Waals surface area contributed by atoms with E-state index in [0.29, 0.717) is 6.61 Å². The number of rotatable bonds is 10. The smallest absolute Gasteiger partial charge is 0.118 e. The van der Waals surface area contributed by atoms with Crippen LogP contribution < -0.4 is 5.32 Å². The second kappa shape index (κ2) is 9.17. The van der Waals surface area contributed by atoms with Crippen molar-refractivity contribution in [3.63, 3.8) is 0 Å². The van der Waals surface area contributed by atoms with Gasteiger partial charge >= 0.3 is 0 Å². The number of hydrogen-bond donors (Lipinski definition) is 1. The molecule has 0 bridgehead atoms. The quantitative estimate of drug-likeness (QED) is 0.644. The largest absolute Gasteiger partial charge is 0.465 e. The minimum Gasteiger partial charge on any atom is -0.465 e. The van der Waals surface area contributed by atoms with Gasteiger partial charge in [-0.25, -0.2) is 0 Å². The normalized spacial score (nSPS) is 11.1. The molecule has 18 heavy (non-hydrogen) atoms. The third-order valence-electron chi connectivity index (χ3n) is 2.95. The lowest BCUT2D eigenvalue weighted by atomic mass is 10.2. The third-order valence-corrected chi connectivity index (χ3v) is 2.95. The zero-order valence-corrected chi connectivity index (χ0v) is 12.1. The molecule has 0 fully saturated rings. The molecule has 0 radical (unpaired) electrons. The Kier molecular flexibility index (Phi) is 7.78. The first kappa shape index (κ1) is 15.3. The Morgan fingerprint density at radius 3 is 2.78 bits per heavy atom. The van der Waals surface area contributed by atoms with Gasteiger partial charge in [0.2, 0.25) is 0 Å². The van der Waals surface area contributed by atoms with Crippen LogP contribution >= 0.6 is 0 Å². The van der Waals surface area contributed by atoms with Crippen LogP contribution in [0.5, 0.6) is 0 Å². The first-order valence-corrected chi connectivity index (χ1v) is 7.14. The number of hydrogen-bond acceptors (Lipinski definition) is 3. The molecule has 3 nitrogen and oxygen atoms in total. The molecule has 0 aromatic carbocycles. The molecule has 0 amide bonds. The summed E-state index contributed by atoms with van der Waals surface area (Å²) in [7, 11) is 0. The second-order valence-corrected chi connectivity index (χ2v) is 4.73. The molecular formula is C15H27NO2. The molecule has 0 aliphatic rings. The van der Waals surface area contributed by atoms with Gasteiger partial charge in [-0.1, -0.05) is 26.7 Å². The fourth-order valence-corrected chi connectivity index (χ4v) is 1.84. The van der Waals surface area contributed by atoms with Crippen LogP contribution in [0.4, 0.5) is 0 Å². The van der Waals surface area contributed by atoms with Crippen LogP contribution in [0.25, 0.3) is 0 Å². The van der Waals surface area contributed by atoms with E-state index in [9.17, 15) is 0 Å². The van der Waals surface area contributed by atoms with E-state index in [1.807, 2.05) is 6.92 Å². The van der Waals surface area contributed by atoms with Crippen molar-refractivity contribution in [2.45, 2.75) is 59.6 Å². The topological polar surface area (TPSA) is 34.4 Å². The first-order chi connectivity index (χ1) is 8.77. The van der Waals surface area contributed by atoms with E-state index in [0.717, 1.165) is 44.1 Å². The van der Waals surface area contributed by atoms with Gasteiger partial charge in [0.1, 0.15) is 11.5 Å². The SMILES string of the molecule is CCCCCOCc1cc(CNCCC)oc1C. The fourth-order valence-electron chi connectivity index (χ4n) is 1.84. The lowest BCUT2D eigenvalue weighted by Gasteiger charge is -2.01. The van der Waals surface area contributed by atoms with Gasteiger partial charge in [0.15, 0.2) is 0 Å². The van der Waals surface area contributed by atoms with Gasteiger partial charge in [0.05, 0.1) is 13.2 Å². The summed E-state index contributed by atoms with van der Waals surface area (Å²) in [6, 6.07) is 2.11. The maximum Gasteiger partial charge on any atom is 0.118 e. The van der Waals surface area contributed by atoms with Crippen LogP contribution in [0, 0.1) is 6.92 Å². The highest BCUT2D eigenvalue weighted by molar-refractivity contribution is 5.19. The van der Waals surface area contributed by atoms with Gasteiger partial charge in [0.25, 0.3) is 0 Å². The molecule has 0 aliphatic heterocycles. The number of furan rings is 1. The lowest BCUT2D eigenvalue weighted by Crippen LogP contribution is -2.13. The number of nitrogens with one attached hydrogen (secondary N) is 1. The molecule has 0 saturated carbocycles. The summed E-state index contributed by atoms with van der Waals surface area (Å²) in [5.41, 5.74) is 1.18. The van der Waals surface area contributed by atoms with E-state index in [4.69, 9.17) is 9.15 Å². The van der Waals surface area contributed by atoms with E-state index in [2.05, 4.69) is 25.2 Å². The van der Waals surface area contributed by atoms with Crippen LogP contribution in [0.15, 0.2) is 10.5 Å². The molecule has 1 N–H and O–H groups in total. The van der Waals surface area contributed by atoms with Crippen LogP contribution in [-0.4, -0.2) is 13.2 Å². The van der Waals surface area contributed by atoms with E-state index in [1.54, 1.807) is 0 Å². The van der Waals surface area contributed by atoms with Gasteiger partial charge in [-0.15, -0.1) is 0 Å². The Morgan fingerprint density at radius 1 is 1.22 bits per heavy atom. The second-order valence-electron chi connectivity index (χ2n) is 4.73.